The molecule has 5 heteroatoms. The molecule has 1 heterocycles. The third-order valence-electron chi connectivity index (χ3n) is 3.06. The van der Waals surface area contributed by atoms with Gasteiger partial charge in [-0.2, -0.15) is 4.98 Å². The average Bonchev–Trinajstić information content (AvgIpc) is 2.95. The maximum Gasteiger partial charge on any atom is 0.240 e. The maximum atomic E-state index is 5.48. The maximum absolute atomic E-state index is 5.48. The van der Waals surface area contributed by atoms with Gasteiger partial charge in [-0.25, -0.2) is 0 Å². The summed E-state index contributed by atoms with van der Waals surface area (Å²) in [5, 5.41) is 3.99. The van der Waals surface area contributed by atoms with Gasteiger partial charge in [0.1, 0.15) is 0 Å². The number of hydrogen-bond acceptors (Lipinski definition) is 4. The van der Waals surface area contributed by atoms with Gasteiger partial charge in [-0.3, -0.25) is 0 Å². The lowest BCUT2D eigenvalue weighted by molar-refractivity contribution is 0.380. The summed E-state index contributed by atoms with van der Waals surface area (Å²) in [6.45, 7) is 0.281. The molecule has 17 heavy (non-hydrogen) atoms. The van der Waals surface area contributed by atoms with Gasteiger partial charge in [0.25, 0.3) is 0 Å². The van der Waals surface area contributed by atoms with Crippen molar-refractivity contribution in [2.24, 2.45) is 5.73 Å². The van der Waals surface area contributed by atoms with E-state index in [4.69, 9.17) is 10.3 Å². The van der Waals surface area contributed by atoms with Crippen LogP contribution in [0.1, 0.15) is 23.4 Å². The second-order valence-electron chi connectivity index (χ2n) is 4.16. The van der Waals surface area contributed by atoms with E-state index in [9.17, 15) is 0 Å². The lowest BCUT2D eigenvalue weighted by Crippen LogP contribution is -1.96. The van der Waals surface area contributed by atoms with Crippen LogP contribution in [0.3, 0.4) is 0 Å². The zero-order chi connectivity index (χ0) is 11.8. The third kappa shape index (κ3) is 1.89. The van der Waals surface area contributed by atoms with Crippen molar-refractivity contribution in [2.75, 3.05) is 0 Å². The minimum Gasteiger partial charge on any atom is -0.338 e. The number of hydrogen-bond donors (Lipinski definition) is 1. The number of aryl methyl sites for hydroxylation is 1. The summed E-state index contributed by atoms with van der Waals surface area (Å²) >= 11 is 3.53. The number of nitrogens with two attached hydrogens (primary N) is 1. The molecule has 0 radical (unpaired) electrons. The molecule has 3 rings (SSSR count). The molecule has 0 fully saturated rings. The second kappa shape index (κ2) is 4.23. The molecule has 4 nitrogen and oxygen atoms in total. The molecule has 0 spiro atoms. The Morgan fingerprint density at radius 2 is 2.24 bits per heavy atom. The minimum absolute atomic E-state index is 0.281. The van der Waals surface area contributed by atoms with E-state index in [1.165, 1.54) is 17.5 Å². The zero-order valence-corrected chi connectivity index (χ0v) is 10.8. The summed E-state index contributed by atoms with van der Waals surface area (Å²) in [5.74, 6) is 1.12. The topological polar surface area (TPSA) is 64.9 Å². The standard InChI is InChI=1S/C12H12BrN3O/c13-8-4-7-2-1-3-9(7)10(5-8)12-15-11(6-14)17-16-12/h4-5H,1-3,6,14H2. The molecule has 1 aliphatic carbocycles. The lowest BCUT2D eigenvalue weighted by Gasteiger charge is -2.05. The number of fused-ring (bicyclic) bond motifs is 1. The zero-order valence-electron chi connectivity index (χ0n) is 9.24. The van der Waals surface area contributed by atoms with E-state index in [0.29, 0.717) is 11.7 Å². The van der Waals surface area contributed by atoms with E-state index < -0.39 is 0 Å². The first-order valence-corrected chi connectivity index (χ1v) is 6.41. The highest BCUT2D eigenvalue weighted by Crippen LogP contribution is 2.34. The summed E-state index contributed by atoms with van der Waals surface area (Å²) in [7, 11) is 0. The van der Waals surface area contributed by atoms with Crippen LogP contribution in [0.5, 0.6) is 0 Å². The van der Waals surface area contributed by atoms with Crippen molar-refractivity contribution in [3.63, 3.8) is 0 Å². The van der Waals surface area contributed by atoms with E-state index in [-0.39, 0.29) is 6.54 Å². The van der Waals surface area contributed by atoms with Crippen LogP contribution in [0.2, 0.25) is 0 Å². The van der Waals surface area contributed by atoms with Crippen molar-refractivity contribution in [1.82, 2.24) is 10.1 Å². The van der Waals surface area contributed by atoms with Gasteiger partial charge in [-0.1, -0.05) is 21.1 Å². The molecule has 0 amide bonds. The van der Waals surface area contributed by atoms with Gasteiger partial charge in [0.05, 0.1) is 6.54 Å². The Morgan fingerprint density at radius 1 is 1.35 bits per heavy atom. The molecular weight excluding hydrogens is 282 g/mol. The quantitative estimate of drug-likeness (QED) is 0.924. The molecule has 1 aromatic carbocycles. The van der Waals surface area contributed by atoms with Gasteiger partial charge in [0.15, 0.2) is 0 Å². The second-order valence-corrected chi connectivity index (χ2v) is 5.08. The van der Waals surface area contributed by atoms with Gasteiger partial charge in [-0.05, 0) is 42.5 Å². The Morgan fingerprint density at radius 3 is 3.00 bits per heavy atom. The van der Waals surface area contributed by atoms with Gasteiger partial charge < -0.3 is 10.3 Å². The minimum atomic E-state index is 0.281. The molecule has 0 saturated carbocycles. The van der Waals surface area contributed by atoms with Crippen LogP contribution in [-0.2, 0) is 19.4 Å². The van der Waals surface area contributed by atoms with Crippen molar-refractivity contribution in [3.8, 4) is 11.4 Å². The molecule has 1 aliphatic rings. The highest BCUT2D eigenvalue weighted by molar-refractivity contribution is 9.10. The predicted molar refractivity (Wildman–Crippen MR) is 67.4 cm³/mol. The smallest absolute Gasteiger partial charge is 0.240 e. The largest absolute Gasteiger partial charge is 0.338 e. The van der Waals surface area contributed by atoms with Crippen LogP contribution in [0.25, 0.3) is 11.4 Å². The van der Waals surface area contributed by atoms with E-state index in [1.54, 1.807) is 0 Å². The summed E-state index contributed by atoms with van der Waals surface area (Å²) in [6.07, 6.45) is 3.41. The van der Waals surface area contributed by atoms with E-state index in [2.05, 4.69) is 38.2 Å². The highest BCUT2D eigenvalue weighted by atomic mass is 79.9. The molecule has 0 aliphatic heterocycles. The Hall–Kier alpha value is -1.20. The fourth-order valence-corrected chi connectivity index (χ4v) is 2.82. The Bertz CT molecular complexity index is 565. The normalized spacial score (nSPS) is 14.0. The van der Waals surface area contributed by atoms with Gasteiger partial charge >= 0.3 is 0 Å². The first-order valence-electron chi connectivity index (χ1n) is 5.62. The van der Waals surface area contributed by atoms with Crippen LogP contribution in [0.4, 0.5) is 0 Å². The Balaban J connectivity index is 2.13. The summed E-state index contributed by atoms with van der Waals surface area (Å²) in [6, 6.07) is 4.23. The summed E-state index contributed by atoms with van der Waals surface area (Å²) in [5.41, 5.74) is 9.27. The molecule has 2 aromatic rings. The predicted octanol–water partition coefficient (Wildman–Crippen LogP) is 2.45. The molecule has 2 N–H and O–H groups in total. The van der Waals surface area contributed by atoms with E-state index in [1.807, 2.05) is 0 Å². The van der Waals surface area contributed by atoms with Crippen molar-refractivity contribution >= 4 is 15.9 Å². The monoisotopic (exact) mass is 293 g/mol. The average molecular weight is 294 g/mol. The van der Waals surface area contributed by atoms with E-state index >= 15 is 0 Å². The lowest BCUT2D eigenvalue weighted by atomic mass is 10.0. The Kier molecular flexibility index (Phi) is 2.72. The van der Waals surface area contributed by atoms with Gasteiger partial charge in [-0.15, -0.1) is 0 Å². The number of benzene rings is 1. The van der Waals surface area contributed by atoms with E-state index in [0.717, 1.165) is 22.9 Å². The molecule has 88 valence electrons. The fraction of sp³-hybridized carbons (Fsp3) is 0.333. The van der Waals surface area contributed by atoms with Crippen molar-refractivity contribution < 1.29 is 4.52 Å². The van der Waals surface area contributed by atoms with Crippen molar-refractivity contribution in [1.29, 1.82) is 0 Å². The molecule has 1 aromatic heterocycles. The summed E-state index contributed by atoms with van der Waals surface area (Å²) in [4.78, 5) is 4.29. The molecule has 0 saturated heterocycles. The Labute approximate surface area is 107 Å². The number of halogens is 1. The van der Waals surface area contributed by atoms with Crippen LogP contribution < -0.4 is 5.73 Å². The SMILES string of the molecule is NCc1nc(-c2cc(Br)cc3c2CCC3)no1. The van der Waals surface area contributed by atoms with Crippen molar-refractivity contribution in [2.45, 2.75) is 25.8 Å². The molecule has 0 atom stereocenters. The number of nitrogens with zero attached hydrogens (tertiary/aromatic N) is 2. The van der Waals surface area contributed by atoms with Gasteiger partial charge in [0, 0.05) is 10.0 Å². The van der Waals surface area contributed by atoms with Crippen LogP contribution in [-0.4, -0.2) is 10.1 Å². The molecule has 0 bridgehead atoms. The highest BCUT2D eigenvalue weighted by Gasteiger charge is 2.19. The first kappa shape index (κ1) is 10.9. The van der Waals surface area contributed by atoms with Crippen LogP contribution in [0, 0.1) is 0 Å². The van der Waals surface area contributed by atoms with Crippen molar-refractivity contribution in [3.05, 3.63) is 33.6 Å². The third-order valence-corrected chi connectivity index (χ3v) is 3.52. The van der Waals surface area contributed by atoms with Crippen LogP contribution >= 0.6 is 15.9 Å². The van der Waals surface area contributed by atoms with Gasteiger partial charge in [0.2, 0.25) is 11.7 Å². The number of rotatable bonds is 2. The number of aromatic nitrogens is 2. The summed E-state index contributed by atoms with van der Waals surface area (Å²) < 4.78 is 6.13. The molecule has 0 unspecified atom stereocenters. The van der Waals surface area contributed by atoms with Crippen LogP contribution in [0.15, 0.2) is 21.1 Å². The fourth-order valence-electron chi connectivity index (χ4n) is 2.31. The molecular formula is C12H12BrN3O. The first-order chi connectivity index (χ1) is 8.28.